The number of amides is 1. The average molecular weight is 524 g/mol. The number of nitrogens with zero attached hydrogens (tertiary/aromatic N) is 2. The topological polar surface area (TPSA) is 56.0 Å². The zero-order chi connectivity index (χ0) is 25.2. The molecule has 1 amide bonds. The molecule has 0 aliphatic heterocycles. The second kappa shape index (κ2) is 10.1. The van der Waals surface area contributed by atoms with Crippen molar-refractivity contribution in [2.75, 3.05) is 0 Å². The first-order chi connectivity index (χ1) is 16.6. The van der Waals surface area contributed by atoms with Gasteiger partial charge in [-0.15, -0.1) is 11.3 Å². The molecule has 0 aliphatic carbocycles. The fourth-order valence-electron chi connectivity index (χ4n) is 3.51. The van der Waals surface area contributed by atoms with Gasteiger partial charge in [-0.1, -0.05) is 41.9 Å². The Bertz CT molecular complexity index is 1420. The molecular formula is C24H18ClF4N3O2S. The lowest BCUT2D eigenvalue weighted by Crippen LogP contribution is -2.33. The molecule has 0 unspecified atom stereocenters. The third-order valence-electron chi connectivity index (χ3n) is 5.22. The van der Waals surface area contributed by atoms with Gasteiger partial charge in [-0.3, -0.25) is 13.9 Å². The van der Waals surface area contributed by atoms with Crippen LogP contribution in [0.3, 0.4) is 0 Å². The van der Waals surface area contributed by atoms with E-state index in [-0.39, 0.29) is 25.2 Å². The molecule has 182 valence electrons. The van der Waals surface area contributed by atoms with Gasteiger partial charge in [0, 0.05) is 18.3 Å². The minimum atomic E-state index is -4.49. The zero-order valence-electron chi connectivity index (χ0n) is 18.0. The summed E-state index contributed by atoms with van der Waals surface area (Å²) in [6, 6.07) is 14.1. The van der Waals surface area contributed by atoms with E-state index in [1.54, 1.807) is 30.3 Å². The van der Waals surface area contributed by atoms with Crippen molar-refractivity contribution >= 4 is 28.8 Å². The van der Waals surface area contributed by atoms with Gasteiger partial charge in [0.05, 0.1) is 27.0 Å². The summed E-state index contributed by atoms with van der Waals surface area (Å²) in [4.78, 5) is 26.3. The lowest BCUT2D eigenvalue weighted by molar-refractivity contribution is -0.137. The highest BCUT2D eigenvalue weighted by Gasteiger charge is 2.30. The largest absolute Gasteiger partial charge is 0.416 e. The summed E-state index contributed by atoms with van der Waals surface area (Å²) in [7, 11) is 0. The van der Waals surface area contributed by atoms with E-state index in [0.717, 1.165) is 12.1 Å². The lowest BCUT2D eigenvalue weighted by atomic mass is 10.1. The molecule has 5 nitrogen and oxygen atoms in total. The summed E-state index contributed by atoms with van der Waals surface area (Å²) in [5, 5.41) is 2.53. The molecule has 1 N–H and O–H groups in total. The maximum Gasteiger partial charge on any atom is 0.416 e. The van der Waals surface area contributed by atoms with Crippen LogP contribution in [0.5, 0.6) is 0 Å². The highest BCUT2D eigenvalue weighted by molar-refractivity contribution is 7.19. The molecule has 0 atom stereocenters. The van der Waals surface area contributed by atoms with E-state index in [1.807, 2.05) is 0 Å². The molecule has 0 aliphatic rings. The Hall–Kier alpha value is -3.37. The third-order valence-corrected chi connectivity index (χ3v) is 6.47. The lowest BCUT2D eigenvalue weighted by Gasteiger charge is -2.10. The number of thiophene rings is 1. The number of alkyl halides is 3. The van der Waals surface area contributed by atoms with Gasteiger partial charge in [-0.2, -0.15) is 13.2 Å². The van der Waals surface area contributed by atoms with Crippen LogP contribution in [0.4, 0.5) is 17.6 Å². The summed E-state index contributed by atoms with van der Waals surface area (Å²) in [5.74, 6) is -1.04. The molecule has 2 aromatic heterocycles. The molecule has 0 radical (unpaired) electrons. The van der Waals surface area contributed by atoms with Crippen molar-refractivity contribution in [2.24, 2.45) is 0 Å². The summed E-state index contributed by atoms with van der Waals surface area (Å²) < 4.78 is 56.0. The van der Waals surface area contributed by atoms with Gasteiger partial charge in [0.25, 0.3) is 0 Å². The molecule has 0 fully saturated rings. The van der Waals surface area contributed by atoms with E-state index in [9.17, 15) is 27.2 Å². The van der Waals surface area contributed by atoms with Gasteiger partial charge in [0.1, 0.15) is 12.4 Å². The van der Waals surface area contributed by atoms with Gasteiger partial charge in [-0.05, 0) is 35.9 Å². The molecule has 11 heteroatoms. The van der Waals surface area contributed by atoms with Gasteiger partial charge in [0.15, 0.2) is 0 Å². The number of benzene rings is 2. The third kappa shape index (κ3) is 5.83. The Morgan fingerprint density at radius 3 is 2.51 bits per heavy atom. The van der Waals surface area contributed by atoms with Crippen molar-refractivity contribution in [2.45, 2.75) is 25.8 Å². The van der Waals surface area contributed by atoms with Gasteiger partial charge in [-0.25, -0.2) is 9.18 Å². The van der Waals surface area contributed by atoms with Crippen LogP contribution < -0.4 is 11.0 Å². The Morgan fingerprint density at radius 2 is 1.83 bits per heavy atom. The number of rotatable bonds is 7. The van der Waals surface area contributed by atoms with Crippen LogP contribution in [-0.2, 0) is 30.6 Å². The predicted molar refractivity (Wildman–Crippen MR) is 126 cm³/mol. The summed E-state index contributed by atoms with van der Waals surface area (Å²) in [6.45, 7) is -0.565. The average Bonchev–Trinajstić information content (AvgIpc) is 3.37. The van der Waals surface area contributed by atoms with E-state index in [0.29, 0.717) is 20.5 Å². The van der Waals surface area contributed by atoms with E-state index in [2.05, 4.69) is 5.32 Å². The molecule has 0 bridgehead atoms. The van der Waals surface area contributed by atoms with Gasteiger partial charge >= 0.3 is 11.9 Å². The monoisotopic (exact) mass is 523 g/mol. The number of nitrogens with one attached hydrogen (secondary N) is 1. The zero-order valence-corrected chi connectivity index (χ0v) is 19.6. The quantitative estimate of drug-likeness (QED) is 0.323. The van der Waals surface area contributed by atoms with Crippen molar-refractivity contribution in [3.05, 3.63) is 104 Å². The van der Waals surface area contributed by atoms with Crippen LogP contribution in [0, 0.1) is 5.82 Å². The minimum Gasteiger partial charge on any atom is -0.350 e. The summed E-state index contributed by atoms with van der Waals surface area (Å²) in [5.41, 5.74) is -0.329. The number of hydrogen-bond donors (Lipinski definition) is 1. The molecule has 4 rings (SSSR count). The Kier molecular flexibility index (Phi) is 7.13. The SMILES string of the molecule is O=C(Cn1cc(-c2ccc(Cl)s2)n(Cc2ccccc2F)c1=O)NCc1cccc(C(F)(F)F)c1. The molecule has 2 aromatic carbocycles. The first kappa shape index (κ1) is 24.7. The maximum absolute atomic E-state index is 14.3. The molecule has 0 saturated heterocycles. The summed E-state index contributed by atoms with van der Waals surface area (Å²) in [6.07, 6.45) is -3.01. The second-order valence-electron chi connectivity index (χ2n) is 7.68. The van der Waals surface area contributed by atoms with Crippen LogP contribution in [-0.4, -0.2) is 15.0 Å². The number of aromatic nitrogens is 2. The highest BCUT2D eigenvalue weighted by atomic mass is 35.5. The number of hydrogen-bond acceptors (Lipinski definition) is 3. The number of carbonyl (C=O) groups excluding carboxylic acids is 1. The normalized spacial score (nSPS) is 11.6. The standard InChI is InChI=1S/C24H18ClF4N3O2S/c25-21-9-8-20(35-21)19-13-31(23(34)32(19)12-16-5-1-2-7-18(16)26)14-22(33)30-11-15-4-3-6-17(10-15)24(27,28)29/h1-10,13H,11-12,14H2,(H,30,33). The van der Waals surface area contributed by atoms with Gasteiger partial charge in [0.2, 0.25) is 5.91 Å². The number of carbonyl (C=O) groups is 1. The van der Waals surface area contributed by atoms with E-state index in [1.165, 1.54) is 44.9 Å². The number of imidazole rings is 1. The van der Waals surface area contributed by atoms with Crippen molar-refractivity contribution in [1.29, 1.82) is 0 Å². The molecule has 0 saturated carbocycles. The fourth-order valence-corrected chi connectivity index (χ4v) is 4.57. The van der Waals surface area contributed by atoms with Crippen molar-refractivity contribution in [1.82, 2.24) is 14.5 Å². The molecular weight excluding hydrogens is 506 g/mol. The number of halogens is 5. The molecule has 2 heterocycles. The first-order valence-electron chi connectivity index (χ1n) is 10.3. The minimum absolute atomic E-state index is 0.0603. The van der Waals surface area contributed by atoms with Crippen LogP contribution in [0.25, 0.3) is 10.6 Å². The summed E-state index contributed by atoms with van der Waals surface area (Å²) >= 11 is 7.28. The Balaban J connectivity index is 1.56. The van der Waals surface area contributed by atoms with Gasteiger partial charge < -0.3 is 5.32 Å². The second-order valence-corrected chi connectivity index (χ2v) is 9.40. The van der Waals surface area contributed by atoms with Crippen LogP contribution in [0.1, 0.15) is 16.7 Å². The molecule has 0 spiro atoms. The Morgan fingerprint density at radius 1 is 1.06 bits per heavy atom. The van der Waals surface area contributed by atoms with Crippen LogP contribution in [0.2, 0.25) is 4.34 Å². The van der Waals surface area contributed by atoms with Crippen LogP contribution in [0.15, 0.2) is 71.7 Å². The van der Waals surface area contributed by atoms with Crippen molar-refractivity contribution in [3.63, 3.8) is 0 Å². The van der Waals surface area contributed by atoms with E-state index < -0.39 is 29.2 Å². The van der Waals surface area contributed by atoms with Crippen molar-refractivity contribution < 1.29 is 22.4 Å². The first-order valence-corrected chi connectivity index (χ1v) is 11.5. The smallest absolute Gasteiger partial charge is 0.350 e. The van der Waals surface area contributed by atoms with E-state index >= 15 is 0 Å². The fraction of sp³-hybridized carbons (Fsp3) is 0.167. The maximum atomic E-state index is 14.3. The molecule has 4 aromatic rings. The molecule has 35 heavy (non-hydrogen) atoms. The Labute approximate surface area is 206 Å². The highest BCUT2D eigenvalue weighted by Crippen LogP contribution is 2.31. The van der Waals surface area contributed by atoms with Crippen molar-refractivity contribution in [3.8, 4) is 10.6 Å². The van der Waals surface area contributed by atoms with E-state index in [4.69, 9.17) is 11.6 Å². The predicted octanol–water partition coefficient (Wildman–Crippen LogP) is 5.55. The van der Waals surface area contributed by atoms with Crippen LogP contribution >= 0.6 is 22.9 Å².